The van der Waals surface area contributed by atoms with Crippen molar-refractivity contribution in [3.63, 3.8) is 0 Å². The predicted octanol–water partition coefficient (Wildman–Crippen LogP) is 2.31. The molecule has 3 rings (SSSR count). The number of rotatable bonds is 8. The number of hydrogen-bond acceptors (Lipinski definition) is 3. The fraction of sp³-hybridized carbons (Fsp3) is 0.250. The van der Waals surface area contributed by atoms with Crippen molar-refractivity contribution in [2.24, 2.45) is 4.99 Å². The maximum atomic E-state index is 12.1. The normalized spacial score (nSPS) is 10.9. The lowest BCUT2D eigenvalue weighted by molar-refractivity contribution is -0.116. The van der Waals surface area contributed by atoms with Crippen molar-refractivity contribution in [3.05, 3.63) is 72.8 Å². The maximum Gasteiger partial charge on any atom is 0.246 e. The molecule has 2 aromatic heterocycles. The molecule has 0 atom stereocenters. The van der Waals surface area contributed by atoms with Crippen LogP contribution in [0.3, 0.4) is 0 Å². The van der Waals surface area contributed by atoms with Crippen LogP contribution in [-0.2, 0) is 24.4 Å². The monoisotopic (exact) mass is 507 g/mol. The van der Waals surface area contributed by atoms with Gasteiger partial charge in [0.15, 0.2) is 5.96 Å². The highest BCUT2D eigenvalue weighted by Crippen LogP contribution is 2.10. The van der Waals surface area contributed by atoms with Crippen LogP contribution in [0.4, 0.5) is 5.69 Å². The van der Waals surface area contributed by atoms with Crippen LogP contribution in [0, 0.1) is 0 Å². The molecule has 8 nitrogen and oxygen atoms in total. The summed E-state index contributed by atoms with van der Waals surface area (Å²) in [5.74, 6) is 0.622. The number of aromatic nitrogens is 3. The van der Waals surface area contributed by atoms with E-state index in [9.17, 15) is 4.79 Å². The highest BCUT2D eigenvalue weighted by atomic mass is 127. The van der Waals surface area contributed by atoms with Gasteiger partial charge in [-0.15, -0.1) is 24.0 Å². The van der Waals surface area contributed by atoms with Crippen molar-refractivity contribution in [1.82, 2.24) is 25.0 Å². The lowest BCUT2D eigenvalue weighted by atomic mass is 10.2. The molecule has 0 aliphatic heterocycles. The molecule has 0 saturated heterocycles. The Labute approximate surface area is 187 Å². The molecule has 0 radical (unpaired) electrons. The van der Waals surface area contributed by atoms with Crippen LogP contribution in [0.25, 0.3) is 0 Å². The fourth-order valence-electron chi connectivity index (χ4n) is 2.73. The van der Waals surface area contributed by atoms with Crippen LogP contribution in [0.1, 0.15) is 5.56 Å². The third kappa shape index (κ3) is 7.60. The molecule has 9 heteroatoms. The molecular weight excluding hydrogens is 481 g/mol. The van der Waals surface area contributed by atoms with Gasteiger partial charge in [-0.05, 0) is 35.9 Å². The van der Waals surface area contributed by atoms with E-state index >= 15 is 0 Å². The number of amides is 1. The van der Waals surface area contributed by atoms with Crippen LogP contribution in [0.2, 0.25) is 0 Å². The summed E-state index contributed by atoms with van der Waals surface area (Å²) in [4.78, 5) is 16.3. The van der Waals surface area contributed by atoms with E-state index in [1.165, 1.54) is 0 Å². The van der Waals surface area contributed by atoms with Crippen LogP contribution in [-0.4, -0.2) is 39.8 Å². The van der Waals surface area contributed by atoms with Crippen molar-refractivity contribution in [1.29, 1.82) is 0 Å². The summed E-state index contributed by atoms with van der Waals surface area (Å²) < 4.78 is 3.69. The molecule has 0 spiro atoms. The Hall–Kier alpha value is -2.82. The van der Waals surface area contributed by atoms with Crippen molar-refractivity contribution in [2.75, 3.05) is 18.9 Å². The molecule has 29 heavy (non-hydrogen) atoms. The summed E-state index contributed by atoms with van der Waals surface area (Å²) in [5.41, 5.74) is 1.80. The second kappa shape index (κ2) is 11.9. The lowest BCUT2D eigenvalue weighted by Crippen LogP contribution is -2.38. The average molecular weight is 507 g/mol. The first-order chi connectivity index (χ1) is 13.7. The van der Waals surface area contributed by atoms with Gasteiger partial charge in [-0.1, -0.05) is 12.1 Å². The smallest absolute Gasteiger partial charge is 0.246 e. The van der Waals surface area contributed by atoms with Crippen molar-refractivity contribution in [3.8, 4) is 0 Å². The molecule has 0 aliphatic rings. The number of halogens is 1. The minimum Gasteiger partial charge on any atom is -0.355 e. The predicted molar refractivity (Wildman–Crippen MR) is 125 cm³/mol. The van der Waals surface area contributed by atoms with E-state index in [1.54, 1.807) is 30.2 Å². The van der Waals surface area contributed by atoms with E-state index in [-0.39, 0.29) is 36.4 Å². The fourth-order valence-corrected chi connectivity index (χ4v) is 2.73. The molecule has 3 aromatic rings. The second-order valence-electron chi connectivity index (χ2n) is 6.23. The second-order valence-corrected chi connectivity index (χ2v) is 6.23. The molecule has 0 fully saturated rings. The summed E-state index contributed by atoms with van der Waals surface area (Å²) in [6.07, 6.45) is 7.47. The maximum absolute atomic E-state index is 12.1. The number of carbonyl (C=O) groups is 1. The topological polar surface area (TPSA) is 88.3 Å². The van der Waals surface area contributed by atoms with Crippen LogP contribution >= 0.6 is 24.0 Å². The molecule has 1 aromatic carbocycles. The molecule has 0 saturated carbocycles. The lowest BCUT2D eigenvalue weighted by Gasteiger charge is -2.13. The van der Waals surface area contributed by atoms with E-state index in [4.69, 9.17) is 0 Å². The first-order valence-corrected chi connectivity index (χ1v) is 9.14. The summed E-state index contributed by atoms with van der Waals surface area (Å²) >= 11 is 0. The molecule has 2 heterocycles. The van der Waals surface area contributed by atoms with Gasteiger partial charge in [0.2, 0.25) is 5.91 Å². The standard InChI is InChI=1S/C20H25N7O.HI/c1-21-20(22-9-13-26-10-2-3-11-26)23-15-17-6-4-7-18(14-17)25-19(28)16-27-12-5-8-24-27;/h2-8,10-12,14H,9,13,15-16H2,1H3,(H,25,28)(H2,21,22,23);1H. The first kappa shape index (κ1) is 22.5. The Morgan fingerprint density at radius 3 is 2.66 bits per heavy atom. The number of anilines is 1. The first-order valence-electron chi connectivity index (χ1n) is 9.14. The number of hydrogen-bond donors (Lipinski definition) is 3. The van der Waals surface area contributed by atoms with Crippen molar-refractivity contribution < 1.29 is 4.79 Å². The summed E-state index contributed by atoms with van der Waals surface area (Å²) in [6, 6.07) is 13.5. The highest BCUT2D eigenvalue weighted by molar-refractivity contribution is 14.0. The zero-order chi connectivity index (χ0) is 19.6. The number of aliphatic imine (C=N–C) groups is 1. The Morgan fingerprint density at radius 2 is 1.93 bits per heavy atom. The van der Waals surface area contributed by atoms with Gasteiger partial charge < -0.3 is 20.5 Å². The van der Waals surface area contributed by atoms with Gasteiger partial charge >= 0.3 is 0 Å². The molecular formula is C20H26IN7O. The van der Waals surface area contributed by atoms with Crippen molar-refractivity contribution >= 4 is 41.5 Å². The molecule has 3 N–H and O–H groups in total. The van der Waals surface area contributed by atoms with E-state index < -0.39 is 0 Å². The van der Waals surface area contributed by atoms with Crippen molar-refractivity contribution in [2.45, 2.75) is 19.6 Å². The van der Waals surface area contributed by atoms with Gasteiger partial charge in [0.05, 0.1) is 0 Å². The van der Waals surface area contributed by atoms with Crippen LogP contribution < -0.4 is 16.0 Å². The number of guanidine groups is 1. The Kier molecular flexibility index (Phi) is 9.22. The Bertz CT molecular complexity index is 891. The minimum absolute atomic E-state index is 0. The summed E-state index contributed by atoms with van der Waals surface area (Å²) in [6.45, 7) is 2.43. The SMILES string of the molecule is CN=C(NCCn1cccc1)NCc1cccc(NC(=O)Cn2cccn2)c1.I. The zero-order valence-corrected chi connectivity index (χ0v) is 18.6. The Balaban J connectivity index is 0.00000300. The number of carbonyl (C=O) groups excluding carboxylic acids is 1. The van der Waals surface area contributed by atoms with Gasteiger partial charge in [0.1, 0.15) is 6.54 Å². The van der Waals surface area contributed by atoms with E-state index in [0.717, 1.165) is 30.3 Å². The number of nitrogens with one attached hydrogen (secondary N) is 3. The van der Waals surface area contributed by atoms with Gasteiger partial charge in [-0.25, -0.2) is 0 Å². The molecule has 1 amide bonds. The Morgan fingerprint density at radius 1 is 1.10 bits per heavy atom. The number of nitrogens with zero attached hydrogens (tertiary/aromatic N) is 4. The zero-order valence-electron chi connectivity index (χ0n) is 16.3. The minimum atomic E-state index is -0.115. The van der Waals surface area contributed by atoms with Gasteiger partial charge in [-0.2, -0.15) is 5.10 Å². The van der Waals surface area contributed by atoms with Gasteiger partial charge in [0.25, 0.3) is 0 Å². The van der Waals surface area contributed by atoms with Crippen LogP contribution in [0.15, 0.2) is 72.2 Å². The van der Waals surface area contributed by atoms with E-state index in [1.807, 2.05) is 48.8 Å². The van der Waals surface area contributed by atoms with Gasteiger partial charge in [-0.3, -0.25) is 14.5 Å². The van der Waals surface area contributed by atoms with Crippen LogP contribution in [0.5, 0.6) is 0 Å². The molecule has 0 aliphatic carbocycles. The quantitative estimate of drug-likeness (QED) is 0.248. The molecule has 0 bridgehead atoms. The van der Waals surface area contributed by atoms with E-state index in [0.29, 0.717) is 6.54 Å². The summed E-state index contributed by atoms with van der Waals surface area (Å²) in [7, 11) is 1.75. The average Bonchev–Trinajstić information content (AvgIpc) is 3.39. The largest absolute Gasteiger partial charge is 0.355 e. The third-order valence-electron chi connectivity index (χ3n) is 4.09. The molecule has 154 valence electrons. The van der Waals surface area contributed by atoms with E-state index in [2.05, 4.69) is 30.6 Å². The number of benzene rings is 1. The third-order valence-corrected chi connectivity index (χ3v) is 4.09. The summed E-state index contributed by atoms with van der Waals surface area (Å²) in [5, 5.41) is 13.5. The highest BCUT2D eigenvalue weighted by Gasteiger charge is 2.05. The molecule has 0 unspecified atom stereocenters. The van der Waals surface area contributed by atoms with Gasteiger partial charge in [0, 0.05) is 57.2 Å².